The first-order valence-electron chi connectivity index (χ1n) is 6.97. The van der Waals surface area contributed by atoms with E-state index in [1.165, 1.54) is 26.9 Å². The van der Waals surface area contributed by atoms with Gasteiger partial charge in [-0.25, -0.2) is 0 Å². The Balaban J connectivity index is 1.73. The normalized spacial score (nSPS) is 18.8. The predicted octanol–water partition coefficient (Wildman–Crippen LogP) is 4.60. The Hall–Kier alpha value is -0.770. The molecule has 0 saturated heterocycles. The molecule has 2 N–H and O–H groups in total. The second-order valence-electron chi connectivity index (χ2n) is 5.24. The number of rotatable bonds is 4. The van der Waals surface area contributed by atoms with Crippen LogP contribution in [0.1, 0.15) is 23.5 Å². The lowest BCUT2D eigenvalue weighted by Gasteiger charge is -2.20. The molecule has 0 fully saturated rings. The van der Waals surface area contributed by atoms with Crippen LogP contribution in [-0.2, 0) is 6.42 Å². The number of benzene rings is 2. The molecule has 3 rings (SSSR count). The van der Waals surface area contributed by atoms with E-state index in [1.54, 1.807) is 0 Å². The summed E-state index contributed by atoms with van der Waals surface area (Å²) in [6.07, 6.45) is 2.31. The molecule has 0 radical (unpaired) electrons. The smallest absolute Gasteiger partial charge is 0.0210 e. The summed E-state index contributed by atoms with van der Waals surface area (Å²) in [5, 5.41) is 0.646. The number of nitrogens with two attached hydrogens (primary N) is 1. The van der Waals surface area contributed by atoms with E-state index in [1.807, 2.05) is 11.8 Å². The summed E-state index contributed by atoms with van der Waals surface area (Å²) in [5.74, 6) is 0.428. The summed E-state index contributed by atoms with van der Waals surface area (Å²) in [6, 6.07) is 17.2. The van der Waals surface area contributed by atoms with Gasteiger partial charge in [-0.3, -0.25) is 0 Å². The van der Waals surface area contributed by atoms with Crippen molar-refractivity contribution in [2.24, 2.45) is 5.73 Å². The molecule has 0 aliphatic carbocycles. The molecular formula is C17H18BrNS. The van der Waals surface area contributed by atoms with Crippen LogP contribution in [0.2, 0.25) is 0 Å². The lowest BCUT2D eigenvalue weighted by Crippen LogP contribution is -2.18. The van der Waals surface area contributed by atoms with Crippen molar-refractivity contribution >= 4 is 27.7 Å². The van der Waals surface area contributed by atoms with Crippen LogP contribution >= 0.6 is 27.7 Å². The third-order valence-electron chi connectivity index (χ3n) is 3.89. The molecular weight excluding hydrogens is 330 g/mol. The second kappa shape index (κ2) is 6.33. The van der Waals surface area contributed by atoms with E-state index in [0.717, 1.165) is 6.42 Å². The van der Waals surface area contributed by atoms with Crippen molar-refractivity contribution in [2.75, 3.05) is 6.54 Å². The molecule has 2 aromatic carbocycles. The predicted molar refractivity (Wildman–Crippen MR) is 90.3 cm³/mol. The van der Waals surface area contributed by atoms with Gasteiger partial charge < -0.3 is 5.73 Å². The van der Waals surface area contributed by atoms with Gasteiger partial charge in [0.05, 0.1) is 0 Å². The Kier molecular flexibility index (Phi) is 4.49. The standard InChI is InChI=1S/C17H18BrNS/c18-16-7-3-2-6-15(16)13(11-19)10-14-9-12-5-1-4-8-17(12)20-14/h1-8,13-14H,9-11,19H2. The molecule has 0 spiro atoms. The van der Waals surface area contributed by atoms with Gasteiger partial charge >= 0.3 is 0 Å². The minimum absolute atomic E-state index is 0.428. The molecule has 0 saturated carbocycles. The van der Waals surface area contributed by atoms with Gasteiger partial charge in [0, 0.05) is 14.6 Å². The third-order valence-corrected chi connectivity index (χ3v) is 5.96. The zero-order valence-corrected chi connectivity index (χ0v) is 13.7. The highest BCUT2D eigenvalue weighted by molar-refractivity contribution is 9.10. The molecule has 1 nitrogen and oxygen atoms in total. The molecule has 104 valence electrons. The number of hydrogen-bond acceptors (Lipinski definition) is 2. The fourth-order valence-electron chi connectivity index (χ4n) is 2.86. The van der Waals surface area contributed by atoms with Crippen molar-refractivity contribution in [3.8, 4) is 0 Å². The van der Waals surface area contributed by atoms with E-state index >= 15 is 0 Å². The Bertz CT molecular complexity index is 574. The maximum absolute atomic E-state index is 6.03. The van der Waals surface area contributed by atoms with Crippen molar-refractivity contribution in [1.82, 2.24) is 0 Å². The van der Waals surface area contributed by atoms with Crippen LogP contribution in [0.3, 0.4) is 0 Å². The number of halogens is 1. The quantitative estimate of drug-likeness (QED) is 0.874. The minimum Gasteiger partial charge on any atom is -0.330 e. The topological polar surface area (TPSA) is 26.0 Å². The van der Waals surface area contributed by atoms with E-state index in [4.69, 9.17) is 5.73 Å². The van der Waals surface area contributed by atoms with Gasteiger partial charge in [0.15, 0.2) is 0 Å². The van der Waals surface area contributed by atoms with Crippen molar-refractivity contribution in [1.29, 1.82) is 0 Å². The average Bonchev–Trinajstić information content (AvgIpc) is 2.88. The molecule has 3 heteroatoms. The zero-order valence-electron chi connectivity index (χ0n) is 11.3. The lowest BCUT2D eigenvalue weighted by molar-refractivity contribution is 0.612. The summed E-state index contributed by atoms with van der Waals surface area (Å²) in [4.78, 5) is 1.44. The second-order valence-corrected chi connectivity index (χ2v) is 7.44. The molecule has 1 heterocycles. The summed E-state index contributed by atoms with van der Waals surface area (Å²) < 4.78 is 1.18. The molecule has 1 aliphatic heterocycles. The van der Waals surface area contributed by atoms with E-state index in [-0.39, 0.29) is 0 Å². The highest BCUT2D eigenvalue weighted by atomic mass is 79.9. The van der Waals surface area contributed by atoms with Gasteiger partial charge in [-0.2, -0.15) is 0 Å². The Morgan fingerprint density at radius 3 is 2.65 bits per heavy atom. The summed E-state index contributed by atoms with van der Waals surface area (Å²) >= 11 is 5.66. The van der Waals surface area contributed by atoms with Gasteiger partial charge in [0.2, 0.25) is 0 Å². The lowest BCUT2D eigenvalue weighted by atomic mass is 9.92. The van der Waals surface area contributed by atoms with Crippen LogP contribution in [0.15, 0.2) is 57.9 Å². The molecule has 0 bridgehead atoms. The zero-order chi connectivity index (χ0) is 13.9. The van der Waals surface area contributed by atoms with Crippen molar-refractivity contribution in [3.63, 3.8) is 0 Å². The van der Waals surface area contributed by atoms with E-state index in [9.17, 15) is 0 Å². The summed E-state index contributed by atoms with van der Waals surface area (Å²) in [7, 11) is 0. The Morgan fingerprint density at radius 2 is 1.90 bits per heavy atom. The van der Waals surface area contributed by atoms with Crippen LogP contribution in [0.25, 0.3) is 0 Å². The highest BCUT2D eigenvalue weighted by Crippen LogP contribution is 2.41. The molecule has 0 aromatic heterocycles. The first-order valence-corrected chi connectivity index (χ1v) is 8.64. The molecule has 2 unspecified atom stereocenters. The van der Waals surface area contributed by atoms with Crippen LogP contribution in [0.5, 0.6) is 0 Å². The minimum atomic E-state index is 0.428. The first-order chi connectivity index (χ1) is 9.78. The van der Waals surface area contributed by atoms with Crippen molar-refractivity contribution in [2.45, 2.75) is 28.9 Å². The Labute approximate surface area is 133 Å². The fraction of sp³-hybridized carbons (Fsp3) is 0.294. The van der Waals surface area contributed by atoms with Crippen molar-refractivity contribution < 1.29 is 0 Å². The van der Waals surface area contributed by atoms with Gasteiger partial charge in [-0.05, 0) is 48.6 Å². The van der Waals surface area contributed by atoms with Crippen LogP contribution in [0, 0.1) is 0 Å². The molecule has 2 atom stereocenters. The van der Waals surface area contributed by atoms with E-state index in [0.29, 0.717) is 17.7 Å². The SMILES string of the molecule is NCC(CC1Cc2ccccc2S1)c1ccccc1Br. The van der Waals surface area contributed by atoms with Crippen LogP contribution in [-0.4, -0.2) is 11.8 Å². The maximum atomic E-state index is 6.03. The van der Waals surface area contributed by atoms with Crippen LogP contribution in [0.4, 0.5) is 0 Å². The fourth-order valence-corrected chi connectivity index (χ4v) is 4.88. The number of thioether (sulfide) groups is 1. The van der Waals surface area contributed by atoms with E-state index < -0.39 is 0 Å². The van der Waals surface area contributed by atoms with Gasteiger partial charge in [-0.1, -0.05) is 52.3 Å². The Morgan fingerprint density at radius 1 is 1.15 bits per heavy atom. The average molecular weight is 348 g/mol. The van der Waals surface area contributed by atoms with E-state index in [2.05, 4.69) is 64.5 Å². The largest absolute Gasteiger partial charge is 0.330 e. The monoisotopic (exact) mass is 347 g/mol. The summed E-state index contributed by atoms with van der Waals surface area (Å²) in [5.41, 5.74) is 8.86. The molecule has 2 aromatic rings. The number of fused-ring (bicyclic) bond motifs is 1. The molecule has 20 heavy (non-hydrogen) atoms. The van der Waals surface area contributed by atoms with Gasteiger partial charge in [0.1, 0.15) is 0 Å². The molecule has 0 amide bonds. The first kappa shape index (κ1) is 14.2. The maximum Gasteiger partial charge on any atom is 0.0210 e. The van der Waals surface area contributed by atoms with Gasteiger partial charge in [0.25, 0.3) is 0 Å². The van der Waals surface area contributed by atoms with Crippen LogP contribution < -0.4 is 5.73 Å². The molecule has 1 aliphatic rings. The highest BCUT2D eigenvalue weighted by Gasteiger charge is 2.25. The van der Waals surface area contributed by atoms with Crippen molar-refractivity contribution in [3.05, 3.63) is 64.1 Å². The summed E-state index contributed by atoms with van der Waals surface area (Å²) in [6.45, 7) is 0.704. The van der Waals surface area contributed by atoms with Gasteiger partial charge in [-0.15, -0.1) is 11.8 Å². The number of hydrogen-bond donors (Lipinski definition) is 1. The third kappa shape index (κ3) is 2.95.